The van der Waals surface area contributed by atoms with E-state index in [9.17, 15) is 4.79 Å². The van der Waals surface area contributed by atoms with Gasteiger partial charge in [0.25, 0.3) is 5.91 Å². The van der Waals surface area contributed by atoms with E-state index in [1.54, 1.807) is 11.3 Å². The van der Waals surface area contributed by atoms with E-state index in [1.807, 2.05) is 30.9 Å². The minimum atomic E-state index is 0.0292. The number of rotatable bonds is 6. The van der Waals surface area contributed by atoms with E-state index in [2.05, 4.69) is 36.1 Å². The Hall–Kier alpha value is -2.28. The minimum Gasteiger partial charge on any atom is -0.379 e. The summed E-state index contributed by atoms with van der Waals surface area (Å²) >= 11 is 1.61. The Morgan fingerprint density at radius 2 is 2.00 bits per heavy atom. The molecule has 1 saturated heterocycles. The predicted octanol–water partition coefficient (Wildman–Crippen LogP) is 4.45. The number of nitrogens with zero attached hydrogens (tertiary/aromatic N) is 3. The van der Waals surface area contributed by atoms with E-state index in [-0.39, 0.29) is 5.91 Å². The van der Waals surface area contributed by atoms with Crippen LogP contribution in [0.3, 0.4) is 0 Å². The number of aromatic nitrogens is 1. The van der Waals surface area contributed by atoms with E-state index in [4.69, 9.17) is 9.72 Å². The molecule has 1 fully saturated rings. The molecule has 1 aliphatic heterocycles. The number of carbonyl (C=O) groups is 1. The number of para-hydroxylation sites is 1. The molecule has 2 aromatic carbocycles. The standard InChI is InChI=1S/C24H29N3O2S/c1-4-19-6-5-7-21-22(19)25-24(30-21)27(11-10-26-12-14-29-15-13-26)23(28)20-16-17(2)8-9-18(20)3/h5-9,16H,4,10-15H2,1-3H3. The number of anilines is 1. The maximum absolute atomic E-state index is 13.7. The smallest absolute Gasteiger partial charge is 0.260 e. The van der Waals surface area contributed by atoms with Gasteiger partial charge in [-0.25, -0.2) is 4.98 Å². The molecule has 3 aromatic rings. The zero-order chi connectivity index (χ0) is 21.1. The topological polar surface area (TPSA) is 45.7 Å². The van der Waals surface area contributed by atoms with Crippen LogP contribution in [-0.4, -0.2) is 55.2 Å². The van der Waals surface area contributed by atoms with Crippen LogP contribution in [-0.2, 0) is 11.2 Å². The van der Waals surface area contributed by atoms with Crippen LogP contribution in [0.15, 0.2) is 36.4 Å². The van der Waals surface area contributed by atoms with Gasteiger partial charge in [0.15, 0.2) is 5.13 Å². The molecular formula is C24H29N3O2S. The molecule has 0 unspecified atom stereocenters. The first-order chi connectivity index (χ1) is 14.6. The number of ether oxygens (including phenoxy) is 1. The maximum Gasteiger partial charge on any atom is 0.260 e. The van der Waals surface area contributed by atoms with Crippen molar-refractivity contribution in [3.63, 3.8) is 0 Å². The molecule has 4 rings (SSSR count). The Kier molecular flexibility index (Phi) is 6.46. The van der Waals surface area contributed by atoms with Crippen molar-refractivity contribution in [2.45, 2.75) is 27.2 Å². The molecule has 1 aliphatic rings. The summed E-state index contributed by atoms with van der Waals surface area (Å²) in [6.07, 6.45) is 0.930. The number of benzene rings is 2. The van der Waals surface area contributed by atoms with Gasteiger partial charge < -0.3 is 4.74 Å². The number of carbonyl (C=O) groups excluding carboxylic acids is 1. The molecule has 1 aromatic heterocycles. The van der Waals surface area contributed by atoms with E-state index < -0.39 is 0 Å². The van der Waals surface area contributed by atoms with E-state index in [0.717, 1.165) is 71.3 Å². The Labute approximate surface area is 182 Å². The highest BCUT2D eigenvalue weighted by atomic mass is 32.1. The maximum atomic E-state index is 13.7. The van der Waals surface area contributed by atoms with Gasteiger partial charge in [0.05, 0.1) is 23.4 Å². The molecule has 0 saturated carbocycles. The molecule has 0 spiro atoms. The Morgan fingerprint density at radius 1 is 1.20 bits per heavy atom. The molecule has 0 aliphatic carbocycles. The number of morpholine rings is 1. The number of hydrogen-bond acceptors (Lipinski definition) is 5. The van der Waals surface area contributed by atoms with Crippen molar-refractivity contribution >= 4 is 32.6 Å². The van der Waals surface area contributed by atoms with Gasteiger partial charge in [-0.1, -0.05) is 48.1 Å². The lowest BCUT2D eigenvalue weighted by molar-refractivity contribution is 0.0391. The molecule has 0 N–H and O–H groups in total. The summed E-state index contributed by atoms with van der Waals surface area (Å²) in [5.74, 6) is 0.0292. The van der Waals surface area contributed by atoms with Gasteiger partial charge in [-0.15, -0.1) is 0 Å². The molecule has 2 heterocycles. The minimum absolute atomic E-state index is 0.0292. The molecule has 0 radical (unpaired) electrons. The average molecular weight is 424 g/mol. The zero-order valence-corrected chi connectivity index (χ0v) is 18.8. The summed E-state index contributed by atoms with van der Waals surface area (Å²) in [6, 6.07) is 12.4. The third-order valence-electron chi connectivity index (χ3n) is 5.72. The number of fused-ring (bicyclic) bond motifs is 1. The Bertz CT molecular complexity index is 1040. The quantitative estimate of drug-likeness (QED) is 0.587. The molecule has 0 atom stereocenters. The highest BCUT2D eigenvalue weighted by Crippen LogP contribution is 2.32. The summed E-state index contributed by atoms with van der Waals surface area (Å²) < 4.78 is 6.60. The highest BCUT2D eigenvalue weighted by molar-refractivity contribution is 7.22. The van der Waals surface area contributed by atoms with Crippen molar-refractivity contribution in [3.8, 4) is 0 Å². The lowest BCUT2D eigenvalue weighted by Gasteiger charge is -2.29. The van der Waals surface area contributed by atoms with Crippen LogP contribution in [0.4, 0.5) is 5.13 Å². The van der Waals surface area contributed by atoms with Gasteiger partial charge in [-0.2, -0.15) is 0 Å². The first-order valence-corrected chi connectivity index (χ1v) is 11.5. The number of thiazole rings is 1. The summed E-state index contributed by atoms with van der Waals surface area (Å²) in [6.45, 7) is 10.9. The molecule has 1 amide bonds. The summed E-state index contributed by atoms with van der Waals surface area (Å²) in [7, 11) is 0. The Morgan fingerprint density at radius 3 is 2.77 bits per heavy atom. The van der Waals surface area contributed by atoms with Gasteiger partial charge in [-0.05, 0) is 43.5 Å². The monoisotopic (exact) mass is 423 g/mol. The van der Waals surface area contributed by atoms with Crippen molar-refractivity contribution < 1.29 is 9.53 Å². The molecule has 30 heavy (non-hydrogen) atoms. The second-order valence-corrected chi connectivity index (χ2v) is 8.85. The Balaban J connectivity index is 1.69. The van der Waals surface area contributed by atoms with Crippen molar-refractivity contribution in [2.75, 3.05) is 44.3 Å². The number of amides is 1. The van der Waals surface area contributed by atoms with Crippen LogP contribution in [0.1, 0.15) is 34.0 Å². The third-order valence-corrected chi connectivity index (χ3v) is 6.76. The lowest BCUT2D eigenvalue weighted by Crippen LogP contribution is -2.43. The lowest BCUT2D eigenvalue weighted by atomic mass is 10.0. The van der Waals surface area contributed by atoms with Crippen LogP contribution in [0.25, 0.3) is 10.2 Å². The van der Waals surface area contributed by atoms with Gasteiger partial charge in [0, 0.05) is 31.7 Å². The molecular weight excluding hydrogens is 394 g/mol. The van der Waals surface area contributed by atoms with Crippen LogP contribution in [0.2, 0.25) is 0 Å². The molecule has 0 bridgehead atoms. The van der Waals surface area contributed by atoms with Crippen LogP contribution in [0.5, 0.6) is 0 Å². The zero-order valence-electron chi connectivity index (χ0n) is 18.0. The first kappa shape index (κ1) is 21.0. The predicted molar refractivity (Wildman–Crippen MR) is 124 cm³/mol. The molecule has 158 valence electrons. The fourth-order valence-electron chi connectivity index (χ4n) is 3.86. The number of aryl methyl sites for hydroxylation is 3. The fourth-order valence-corrected chi connectivity index (χ4v) is 4.89. The summed E-state index contributed by atoms with van der Waals surface area (Å²) in [4.78, 5) is 22.8. The molecule has 5 nitrogen and oxygen atoms in total. The van der Waals surface area contributed by atoms with Crippen molar-refractivity contribution in [2.24, 2.45) is 0 Å². The second-order valence-electron chi connectivity index (χ2n) is 7.84. The van der Waals surface area contributed by atoms with Crippen LogP contribution in [0, 0.1) is 13.8 Å². The van der Waals surface area contributed by atoms with Gasteiger partial charge in [0.2, 0.25) is 0 Å². The third kappa shape index (κ3) is 4.41. The van der Waals surface area contributed by atoms with Gasteiger partial charge >= 0.3 is 0 Å². The van der Waals surface area contributed by atoms with Crippen molar-refractivity contribution in [3.05, 3.63) is 58.7 Å². The van der Waals surface area contributed by atoms with E-state index >= 15 is 0 Å². The highest BCUT2D eigenvalue weighted by Gasteiger charge is 2.24. The largest absolute Gasteiger partial charge is 0.379 e. The second kappa shape index (κ2) is 9.25. The fraction of sp³-hybridized carbons (Fsp3) is 0.417. The van der Waals surface area contributed by atoms with Crippen molar-refractivity contribution in [1.29, 1.82) is 0 Å². The average Bonchev–Trinajstić information content (AvgIpc) is 3.20. The summed E-state index contributed by atoms with van der Waals surface area (Å²) in [5.41, 5.74) is 5.09. The van der Waals surface area contributed by atoms with Gasteiger partial charge in [-0.3, -0.25) is 14.6 Å². The number of hydrogen-bond donors (Lipinski definition) is 0. The van der Waals surface area contributed by atoms with Crippen LogP contribution < -0.4 is 4.90 Å². The summed E-state index contributed by atoms with van der Waals surface area (Å²) in [5, 5.41) is 0.782. The van der Waals surface area contributed by atoms with Gasteiger partial charge in [0.1, 0.15) is 0 Å². The van der Waals surface area contributed by atoms with Crippen molar-refractivity contribution in [1.82, 2.24) is 9.88 Å². The van der Waals surface area contributed by atoms with Crippen LogP contribution >= 0.6 is 11.3 Å². The van der Waals surface area contributed by atoms with E-state index in [1.165, 1.54) is 5.56 Å². The first-order valence-electron chi connectivity index (χ1n) is 10.6. The molecule has 6 heteroatoms. The normalized spacial score (nSPS) is 14.9. The van der Waals surface area contributed by atoms with E-state index in [0.29, 0.717) is 6.54 Å². The SMILES string of the molecule is CCc1cccc2sc(N(CCN3CCOCC3)C(=O)c3cc(C)ccc3C)nc12.